The van der Waals surface area contributed by atoms with Crippen LogP contribution in [0.1, 0.15) is 10.4 Å². The average molecular weight is 298 g/mol. The van der Waals surface area contributed by atoms with Gasteiger partial charge in [0.15, 0.2) is 11.5 Å². The Balaban J connectivity index is 2.33. The molecular weight excluding hydrogens is 289 g/mol. The number of carbonyl (C=O) groups is 1. The molecule has 0 saturated carbocycles. The smallest absolute Gasteiger partial charge is 0.337 e. The molecule has 0 spiro atoms. The van der Waals surface area contributed by atoms with Gasteiger partial charge in [0.05, 0.1) is 12.7 Å². The van der Waals surface area contributed by atoms with Crippen molar-refractivity contribution in [3.05, 3.63) is 46.9 Å². The number of aromatic nitrogens is 1. The third-order valence-electron chi connectivity index (χ3n) is 2.39. The number of rotatable bonds is 4. The Bertz CT molecular complexity index is 663. The number of carboxylic acids is 1. The lowest BCUT2D eigenvalue weighted by molar-refractivity contribution is 0.0696. The second-order valence-corrected chi connectivity index (χ2v) is 4.12. The van der Waals surface area contributed by atoms with Crippen LogP contribution in [-0.2, 0) is 0 Å². The van der Waals surface area contributed by atoms with Crippen molar-refractivity contribution in [1.29, 1.82) is 0 Å². The van der Waals surface area contributed by atoms with Crippen molar-refractivity contribution < 1.29 is 23.8 Å². The highest BCUT2D eigenvalue weighted by Crippen LogP contribution is 2.34. The van der Waals surface area contributed by atoms with Gasteiger partial charge in [-0.1, -0.05) is 11.6 Å². The first-order valence-electron chi connectivity index (χ1n) is 5.41. The topological polar surface area (TPSA) is 68.7 Å². The van der Waals surface area contributed by atoms with E-state index in [0.717, 1.165) is 12.3 Å². The van der Waals surface area contributed by atoms with E-state index in [2.05, 4.69) is 4.98 Å². The third-order valence-corrected chi connectivity index (χ3v) is 2.66. The fourth-order valence-electron chi connectivity index (χ4n) is 1.45. The van der Waals surface area contributed by atoms with Crippen LogP contribution < -0.4 is 9.47 Å². The van der Waals surface area contributed by atoms with E-state index in [-0.39, 0.29) is 28.0 Å². The van der Waals surface area contributed by atoms with Crippen LogP contribution in [0.15, 0.2) is 30.5 Å². The zero-order valence-electron chi connectivity index (χ0n) is 10.3. The summed E-state index contributed by atoms with van der Waals surface area (Å²) in [6.45, 7) is 0. The first-order valence-corrected chi connectivity index (χ1v) is 5.79. The highest BCUT2D eigenvalue weighted by Gasteiger charge is 2.13. The second kappa shape index (κ2) is 5.75. The Morgan fingerprint density at radius 2 is 2.10 bits per heavy atom. The Labute approximate surface area is 118 Å². The highest BCUT2D eigenvalue weighted by molar-refractivity contribution is 6.32. The molecule has 20 heavy (non-hydrogen) atoms. The number of methoxy groups -OCH3 is 1. The van der Waals surface area contributed by atoms with Gasteiger partial charge in [0, 0.05) is 12.3 Å². The van der Waals surface area contributed by atoms with Crippen LogP contribution in [0.5, 0.6) is 17.4 Å². The largest absolute Gasteiger partial charge is 0.493 e. The minimum Gasteiger partial charge on any atom is -0.493 e. The summed E-state index contributed by atoms with van der Waals surface area (Å²) in [7, 11) is 1.37. The van der Waals surface area contributed by atoms with Gasteiger partial charge in [-0.25, -0.2) is 14.2 Å². The van der Waals surface area contributed by atoms with Gasteiger partial charge in [-0.2, -0.15) is 0 Å². The lowest BCUT2D eigenvalue weighted by Gasteiger charge is -2.10. The Kier molecular flexibility index (Phi) is 4.05. The van der Waals surface area contributed by atoms with Crippen molar-refractivity contribution in [3.63, 3.8) is 0 Å². The van der Waals surface area contributed by atoms with Crippen molar-refractivity contribution in [2.45, 2.75) is 0 Å². The molecule has 1 heterocycles. The SMILES string of the molecule is COc1cc(F)ccc1Oc1ncc(C(=O)O)cc1Cl. The standard InChI is InChI=1S/C13H9ClFNO4/c1-19-11-5-8(15)2-3-10(11)20-12-9(14)4-7(6-16-12)13(17)18/h2-6H,1H3,(H,17,18). The molecule has 0 unspecified atom stereocenters. The van der Waals surface area contributed by atoms with Crippen molar-refractivity contribution in [3.8, 4) is 17.4 Å². The fraction of sp³-hybridized carbons (Fsp3) is 0.0769. The maximum absolute atomic E-state index is 13.1. The maximum Gasteiger partial charge on any atom is 0.337 e. The number of carboxylic acid groups (broad SMARTS) is 1. The molecule has 0 fully saturated rings. The van der Waals surface area contributed by atoms with Crippen molar-refractivity contribution in [1.82, 2.24) is 4.98 Å². The molecule has 1 aromatic carbocycles. The summed E-state index contributed by atoms with van der Waals surface area (Å²) in [5.74, 6) is -1.24. The third kappa shape index (κ3) is 2.97. The second-order valence-electron chi connectivity index (χ2n) is 3.71. The van der Waals surface area contributed by atoms with E-state index in [9.17, 15) is 9.18 Å². The molecule has 0 aliphatic carbocycles. The zero-order valence-corrected chi connectivity index (χ0v) is 11.0. The molecule has 0 aliphatic rings. The quantitative estimate of drug-likeness (QED) is 0.937. The Hall–Kier alpha value is -2.34. The van der Waals surface area contributed by atoms with E-state index in [0.29, 0.717) is 0 Å². The van der Waals surface area contributed by atoms with Gasteiger partial charge >= 0.3 is 5.97 Å². The van der Waals surface area contributed by atoms with E-state index < -0.39 is 11.8 Å². The predicted molar refractivity (Wildman–Crippen MR) is 69.2 cm³/mol. The molecule has 0 aliphatic heterocycles. The van der Waals surface area contributed by atoms with Crippen LogP contribution in [0, 0.1) is 5.82 Å². The molecule has 0 radical (unpaired) electrons. The number of pyridine rings is 1. The normalized spacial score (nSPS) is 10.2. The zero-order chi connectivity index (χ0) is 14.7. The number of hydrogen-bond acceptors (Lipinski definition) is 4. The Morgan fingerprint density at radius 3 is 2.70 bits per heavy atom. The van der Waals surface area contributed by atoms with E-state index in [4.69, 9.17) is 26.2 Å². The lowest BCUT2D eigenvalue weighted by Crippen LogP contribution is -1.99. The predicted octanol–water partition coefficient (Wildman–Crippen LogP) is 3.37. The molecule has 0 saturated heterocycles. The minimum absolute atomic E-state index is 0.00146. The number of hydrogen-bond donors (Lipinski definition) is 1. The summed E-state index contributed by atoms with van der Waals surface area (Å²) >= 11 is 5.88. The van der Waals surface area contributed by atoms with Gasteiger partial charge in [0.2, 0.25) is 5.88 Å². The molecule has 5 nitrogen and oxygen atoms in total. The molecule has 7 heteroatoms. The van der Waals surface area contributed by atoms with Crippen LogP contribution in [0.25, 0.3) is 0 Å². The summed E-state index contributed by atoms with van der Waals surface area (Å²) < 4.78 is 23.4. The van der Waals surface area contributed by atoms with E-state index in [1.807, 2.05) is 0 Å². The van der Waals surface area contributed by atoms with Gasteiger partial charge in [-0.05, 0) is 18.2 Å². The van der Waals surface area contributed by atoms with Crippen LogP contribution in [0.4, 0.5) is 4.39 Å². The maximum atomic E-state index is 13.1. The lowest BCUT2D eigenvalue weighted by atomic mass is 10.3. The average Bonchev–Trinajstić information content (AvgIpc) is 2.42. The van der Waals surface area contributed by atoms with Gasteiger partial charge in [-0.3, -0.25) is 0 Å². The molecule has 104 valence electrons. The summed E-state index contributed by atoms with van der Waals surface area (Å²) in [5, 5.41) is 8.83. The molecule has 0 atom stereocenters. The van der Waals surface area contributed by atoms with E-state index in [1.54, 1.807) is 0 Å². The summed E-state index contributed by atoms with van der Waals surface area (Å²) in [6, 6.07) is 4.91. The minimum atomic E-state index is -1.15. The Morgan fingerprint density at radius 1 is 1.35 bits per heavy atom. The number of halogens is 2. The van der Waals surface area contributed by atoms with E-state index >= 15 is 0 Å². The monoisotopic (exact) mass is 297 g/mol. The number of aromatic carboxylic acids is 1. The van der Waals surface area contributed by atoms with Crippen LogP contribution in [-0.4, -0.2) is 23.2 Å². The van der Waals surface area contributed by atoms with Gasteiger partial charge in [-0.15, -0.1) is 0 Å². The summed E-state index contributed by atoms with van der Waals surface area (Å²) in [6.07, 6.45) is 1.11. The first kappa shape index (κ1) is 14.1. The molecule has 1 N–H and O–H groups in total. The fourth-order valence-corrected chi connectivity index (χ4v) is 1.65. The first-order chi connectivity index (χ1) is 9.51. The molecule has 0 amide bonds. The highest BCUT2D eigenvalue weighted by atomic mass is 35.5. The summed E-state index contributed by atoms with van der Waals surface area (Å²) in [4.78, 5) is 14.6. The van der Waals surface area contributed by atoms with Crippen LogP contribution >= 0.6 is 11.6 Å². The van der Waals surface area contributed by atoms with Crippen molar-refractivity contribution >= 4 is 17.6 Å². The van der Waals surface area contributed by atoms with Crippen molar-refractivity contribution in [2.75, 3.05) is 7.11 Å². The number of benzene rings is 1. The molecule has 2 aromatic rings. The van der Waals surface area contributed by atoms with Gasteiger partial charge in [0.25, 0.3) is 0 Å². The van der Waals surface area contributed by atoms with E-state index in [1.165, 1.54) is 25.3 Å². The number of nitrogens with zero attached hydrogens (tertiary/aromatic N) is 1. The van der Waals surface area contributed by atoms with Crippen molar-refractivity contribution in [2.24, 2.45) is 0 Å². The number of ether oxygens (including phenoxy) is 2. The van der Waals surface area contributed by atoms with Gasteiger partial charge < -0.3 is 14.6 Å². The molecular formula is C13H9ClFNO4. The molecule has 1 aromatic heterocycles. The molecule has 0 bridgehead atoms. The summed E-state index contributed by atoms with van der Waals surface area (Å²) in [5.41, 5.74) is -0.0616. The van der Waals surface area contributed by atoms with Crippen LogP contribution in [0.2, 0.25) is 5.02 Å². The van der Waals surface area contributed by atoms with Gasteiger partial charge in [0.1, 0.15) is 10.8 Å². The van der Waals surface area contributed by atoms with Crippen LogP contribution in [0.3, 0.4) is 0 Å². The molecule has 2 rings (SSSR count).